The van der Waals surface area contributed by atoms with Crippen LogP contribution in [0, 0.1) is 5.82 Å². The minimum atomic E-state index is -5.04. The average molecular weight is 575 g/mol. The van der Waals surface area contributed by atoms with E-state index in [0.29, 0.717) is 17.8 Å². The summed E-state index contributed by atoms with van der Waals surface area (Å²) in [5.41, 5.74) is -0.142. The number of aromatic nitrogens is 4. The number of nitrogens with one attached hydrogen (secondary N) is 1. The third-order valence-corrected chi connectivity index (χ3v) is 7.49. The average Bonchev–Trinajstić information content (AvgIpc) is 3.33. The SMILES string of the molecule is CC(C)(OS(=O)(=O)[O-])c1ncc(-c2cc3c(cc2F)nc2n3[C@@H]3C[C@H]2NC(=O)c2cccc(OC(F)F)c23)cn1. The zero-order valence-electron chi connectivity index (χ0n) is 20.8. The van der Waals surface area contributed by atoms with Crippen molar-refractivity contribution in [3.05, 3.63) is 71.3 Å². The number of rotatable bonds is 6. The number of ether oxygens (including phenoxy) is 1. The van der Waals surface area contributed by atoms with Gasteiger partial charge in [-0.1, -0.05) is 6.07 Å². The van der Waals surface area contributed by atoms with Crippen LogP contribution in [0.5, 0.6) is 5.75 Å². The Balaban J connectivity index is 1.46. The van der Waals surface area contributed by atoms with Crippen molar-refractivity contribution in [3.8, 4) is 16.9 Å². The molecule has 0 saturated heterocycles. The fourth-order valence-corrected chi connectivity index (χ4v) is 5.91. The number of benzene rings is 2. The first-order chi connectivity index (χ1) is 18.8. The minimum Gasteiger partial charge on any atom is -0.725 e. The number of fused-ring (bicyclic) bond motifs is 9. The summed E-state index contributed by atoms with van der Waals surface area (Å²) in [6.07, 6.45) is 2.83. The van der Waals surface area contributed by atoms with Crippen LogP contribution in [-0.4, -0.2) is 45.0 Å². The number of carbonyl (C=O) groups excluding carboxylic acids is 1. The molecule has 2 aromatic carbocycles. The predicted octanol–water partition coefficient (Wildman–Crippen LogP) is 3.72. The van der Waals surface area contributed by atoms with Crippen molar-refractivity contribution < 1.29 is 39.9 Å². The zero-order chi connectivity index (χ0) is 28.6. The highest BCUT2D eigenvalue weighted by Gasteiger charge is 2.42. The summed E-state index contributed by atoms with van der Waals surface area (Å²) in [6, 6.07) is 5.90. The van der Waals surface area contributed by atoms with Gasteiger partial charge in [0, 0.05) is 40.7 Å². The maximum atomic E-state index is 15.3. The monoisotopic (exact) mass is 574 g/mol. The Morgan fingerprint density at radius 3 is 2.58 bits per heavy atom. The molecular formula is C25H19F3N5O6S-. The van der Waals surface area contributed by atoms with Gasteiger partial charge in [-0.3, -0.25) is 8.98 Å². The van der Waals surface area contributed by atoms with Crippen LogP contribution in [0.1, 0.15) is 59.9 Å². The van der Waals surface area contributed by atoms with Crippen LogP contribution in [0.2, 0.25) is 0 Å². The van der Waals surface area contributed by atoms with Crippen LogP contribution < -0.4 is 10.1 Å². The van der Waals surface area contributed by atoms with E-state index in [0.717, 1.165) is 0 Å². The molecule has 1 amide bonds. The van der Waals surface area contributed by atoms with E-state index in [9.17, 15) is 26.5 Å². The molecule has 0 aliphatic carbocycles. The number of nitrogens with zero attached hydrogens (tertiary/aromatic N) is 4. The maximum absolute atomic E-state index is 15.3. The molecule has 11 nitrogen and oxygen atoms in total. The Bertz CT molecular complexity index is 1790. The lowest BCUT2D eigenvalue weighted by Gasteiger charge is -2.24. The predicted molar refractivity (Wildman–Crippen MR) is 131 cm³/mol. The van der Waals surface area contributed by atoms with E-state index in [4.69, 9.17) is 4.74 Å². The molecule has 2 aliphatic rings. The Morgan fingerprint density at radius 1 is 1.18 bits per heavy atom. The Labute approximate surface area is 224 Å². The second-order valence-electron chi connectivity index (χ2n) is 9.83. The maximum Gasteiger partial charge on any atom is 0.387 e. The summed E-state index contributed by atoms with van der Waals surface area (Å²) >= 11 is 0. The highest BCUT2D eigenvalue weighted by molar-refractivity contribution is 7.80. The molecular weight excluding hydrogens is 555 g/mol. The van der Waals surface area contributed by atoms with Crippen LogP contribution in [0.3, 0.4) is 0 Å². The van der Waals surface area contributed by atoms with Crippen LogP contribution in [0.25, 0.3) is 22.2 Å². The third kappa shape index (κ3) is 4.35. The van der Waals surface area contributed by atoms with Gasteiger partial charge in [0.05, 0.1) is 23.1 Å². The number of halogens is 3. The van der Waals surface area contributed by atoms with Gasteiger partial charge >= 0.3 is 6.61 Å². The summed E-state index contributed by atoms with van der Waals surface area (Å²) in [7, 11) is -5.04. The molecule has 2 bridgehead atoms. The molecule has 0 spiro atoms. The van der Waals surface area contributed by atoms with Crippen molar-refractivity contribution in [2.75, 3.05) is 0 Å². The highest BCUT2D eigenvalue weighted by atomic mass is 32.3. The molecule has 0 fully saturated rings. The van der Waals surface area contributed by atoms with Gasteiger partial charge in [0.1, 0.15) is 23.0 Å². The number of amides is 1. The van der Waals surface area contributed by atoms with Crippen molar-refractivity contribution in [2.45, 2.75) is 44.6 Å². The van der Waals surface area contributed by atoms with E-state index >= 15 is 4.39 Å². The van der Waals surface area contributed by atoms with Crippen LogP contribution in [-0.2, 0) is 20.2 Å². The fraction of sp³-hybridized carbons (Fsp3) is 0.280. The first-order valence-electron chi connectivity index (χ1n) is 11.9. The van der Waals surface area contributed by atoms with Crippen molar-refractivity contribution in [1.29, 1.82) is 0 Å². The number of hydrogen-bond donors (Lipinski definition) is 1. The lowest BCUT2D eigenvalue weighted by Crippen LogP contribution is -2.28. The molecule has 2 aliphatic heterocycles. The first-order valence-corrected chi connectivity index (χ1v) is 13.2. The molecule has 6 rings (SSSR count). The molecule has 4 heterocycles. The van der Waals surface area contributed by atoms with Crippen molar-refractivity contribution in [1.82, 2.24) is 24.8 Å². The van der Waals surface area contributed by atoms with Gasteiger partial charge in [-0.05, 0) is 38.5 Å². The number of imidazole rings is 1. The molecule has 2 aromatic heterocycles. The fourth-order valence-electron chi connectivity index (χ4n) is 5.32. The Morgan fingerprint density at radius 2 is 1.90 bits per heavy atom. The Kier molecular flexibility index (Phi) is 5.87. The number of hydrogen-bond acceptors (Lipinski definition) is 9. The number of carbonyl (C=O) groups is 1. The lowest BCUT2D eigenvalue weighted by molar-refractivity contribution is -0.0507. The normalized spacial score (nSPS) is 18.4. The molecule has 0 radical (unpaired) electrons. The van der Waals surface area contributed by atoms with Gasteiger partial charge in [-0.15, -0.1) is 0 Å². The van der Waals surface area contributed by atoms with Gasteiger partial charge in [-0.25, -0.2) is 27.8 Å². The minimum absolute atomic E-state index is 0.0811. The van der Waals surface area contributed by atoms with Gasteiger partial charge in [0.25, 0.3) is 5.91 Å². The van der Waals surface area contributed by atoms with Gasteiger partial charge in [0.2, 0.25) is 10.4 Å². The molecule has 2 atom stereocenters. The summed E-state index contributed by atoms with van der Waals surface area (Å²) in [4.78, 5) is 25.6. The molecule has 0 unspecified atom stereocenters. The summed E-state index contributed by atoms with van der Waals surface area (Å²) < 4.78 is 86.0. The second-order valence-corrected chi connectivity index (χ2v) is 10.8. The molecule has 0 saturated carbocycles. The van der Waals surface area contributed by atoms with Crippen molar-refractivity contribution >= 4 is 27.3 Å². The van der Waals surface area contributed by atoms with Gasteiger partial charge in [-0.2, -0.15) is 8.78 Å². The topological polar surface area (TPSA) is 148 Å². The highest BCUT2D eigenvalue weighted by Crippen LogP contribution is 2.48. The van der Waals surface area contributed by atoms with Crippen LogP contribution in [0.15, 0.2) is 42.7 Å². The van der Waals surface area contributed by atoms with Crippen LogP contribution in [0.4, 0.5) is 13.2 Å². The quantitative estimate of drug-likeness (QED) is 0.269. The van der Waals surface area contributed by atoms with E-state index < -0.39 is 46.4 Å². The molecule has 1 N–H and O–H groups in total. The first kappa shape index (κ1) is 26.2. The van der Waals surface area contributed by atoms with E-state index in [1.165, 1.54) is 56.6 Å². The van der Waals surface area contributed by atoms with E-state index in [2.05, 4.69) is 24.5 Å². The van der Waals surface area contributed by atoms with Gasteiger partial charge in [0.15, 0.2) is 5.82 Å². The molecule has 208 valence electrons. The molecule has 40 heavy (non-hydrogen) atoms. The van der Waals surface area contributed by atoms with E-state index in [1.807, 2.05) is 0 Å². The lowest BCUT2D eigenvalue weighted by atomic mass is 9.97. The standard InChI is InChI=1S/C25H20F3N5O6S/c1-25(2,39-40(35,36)37)23-29-9-11(10-30-23)13-6-17-15(7-14(13)26)31-21-16-8-18(33(17)21)20-12(22(34)32-16)4-3-5-19(20)38-24(27)28/h3-7,9-10,16,18,24H,8H2,1-2H3,(H,32,34)(H,35,36,37)/p-1/t16-,18-/m1/s1. The summed E-state index contributed by atoms with van der Waals surface area (Å²) in [5, 5.41) is 2.87. The smallest absolute Gasteiger partial charge is 0.387 e. The van der Waals surface area contributed by atoms with Crippen molar-refractivity contribution in [3.63, 3.8) is 0 Å². The number of alkyl halides is 2. The van der Waals surface area contributed by atoms with Crippen molar-refractivity contribution in [2.24, 2.45) is 0 Å². The van der Waals surface area contributed by atoms with Crippen LogP contribution >= 0.6 is 0 Å². The molecule has 15 heteroatoms. The second kappa shape index (κ2) is 8.97. The van der Waals surface area contributed by atoms with E-state index in [1.54, 1.807) is 4.57 Å². The van der Waals surface area contributed by atoms with E-state index in [-0.39, 0.29) is 39.3 Å². The summed E-state index contributed by atoms with van der Waals surface area (Å²) in [6.45, 7) is -0.520. The third-order valence-electron chi connectivity index (χ3n) is 6.86. The Hall–Kier alpha value is -4.08. The van der Waals surface area contributed by atoms with Gasteiger partial charge < -0.3 is 19.2 Å². The summed E-state index contributed by atoms with van der Waals surface area (Å²) in [5.74, 6) is -0.939. The molecule has 4 aromatic rings. The zero-order valence-corrected chi connectivity index (χ0v) is 21.6. The largest absolute Gasteiger partial charge is 0.725 e.